The highest BCUT2D eigenvalue weighted by molar-refractivity contribution is 5.83. The Morgan fingerprint density at radius 3 is 2.59 bits per heavy atom. The van der Waals surface area contributed by atoms with Gasteiger partial charge in [-0.2, -0.15) is 5.26 Å². The molecular weight excluding hydrogens is 214 g/mol. The van der Waals surface area contributed by atoms with Crippen LogP contribution in [0.1, 0.15) is 32.1 Å². The topological polar surface area (TPSA) is 78.9 Å². The van der Waals surface area contributed by atoms with Gasteiger partial charge in [-0.25, -0.2) is 0 Å². The minimum atomic E-state index is -0.191. The van der Waals surface area contributed by atoms with Crippen LogP contribution in [0.2, 0.25) is 0 Å². The monoisotopic (exact) mass is 233 g/mol. The van der Waals surface area contributed by atoms with Crippen LogP contribution in [0.25, 0.3) is 0 Å². The van der Waals surface area contributed by atoms with Crippen molar-refractivity contribution in [2.45, 2.75) is 38.1 Å². The molecule has 0 aromatic carbocycles. The summed E-state index contributed by atoms with van der Waals surface area (Å²) in [4.78, 5) is 12.3. The SMILES string of the molecule is N#CCNC(=O)C12CC3CC(C1)C(N)C(C3)C2. The summed E-state index contributed by atoms with van der Waals surface area (Å²) in [6.07, 6.45) is 5.33. The summed E-state index contributed by atoms with van der Waals surface area (Å²) in [5, 5.41) is 11.3. The van der Waals surface area contributed by atoms with Crippen molar-refractivity contribution in [3.63, 3.8) is 0 Å². The fourth-order valence-corrected chi connectivity index (χ4v) is 4.65. The van der Waals surface area contributed by atoms with Crippen LogP contribution in [0.15, 0.2) is 0 Å². The fourth-order valence-electron chi connectivity index (χ4n) is 4.65. The van der Waals surface area contributed by atoms with Crippen LogP contribution in [-0.2, 0) is 4.79 Å². The van der Waals surface area contributed by atoms with Crippen molar-refractivity contribution in [2.24, 2.45) is 28.9 Å². The van der Waals surface area contributed by atoms with Crippen LogP contribution in [0.4, 0.5) is 0 Å². The second-order valence-electron chi connectivity index (χ2n) is 6.17. The molecule has 4 nitrogen and oxygen atoms in total. The Balaban J connectivity index is 1.80. The van der Waals surface area contributed by atoms with E-state index in [1.807, 2.05) is 6.07 Å². The van der Waals surface area contributed by atoms with Gasteiger partial charge in [-0.3, -0.25) is 4.79 Å². The lowest BCUT2D eigenvalue weighted by Crippen LogP contribution is -2.60. The molecule has 17 heavy (non-hydrogen) atoms. The van der Waals surface area contributed by atoms with Crippen LogP contribution >= 0.6 is 0 Å². The van der Waals surface area contributed by atoms with Gasteiger partial charge in [0.05, 0.1) is 11.5 Å². The Morgan fingerprint density at radius 2 is 2.00 bits per heavy atom. The van der Waals surface area contributed by atoms with Gasteiger partial charge in [0.1, 0.15) is 6.54 Å². The molecule has 0 aliphatic heterocycles. The molecule has 0 aromatic rings. The molecule has 0 heterocycles. The molecule has 0 radical (unpaired) electrons. The molecule has 4 heteroatoms. The molecule has 4 rings (SSSR count). The maximum absolute atomic E-state index is 12.3. The van der Waals surface area contributed by atoms with E-state index in [4.69, 9.17) is 11.0 Å². The zero-order valence-corrected chi connectivity index (χ0v) is 9.98. The Bertz CT molecular complexity index is 371. The normalized spacial score (nSPS) is 46.6. The van der Waals surface area contributed by atoms with E-state index in [0.717, 1.165) is 19.3 Å². The molecule has 92 valence electrons. The highest BCUT2D eigenvalue weighted by atomic mass is 16.2. The Labute approximate surface area is 102 Å². The number of amides is 1. The molecule has 4 bridgehead atoms. The van der Waals surface area contributed by atoms with E-state index in [0.29, 0.717) is 23.8 Å². The van der Waals surface area contributed by atoms with Crippen LogP contribution in [-0.4, -0.2) is 18.5 Å². The fraction of sp³-hybridized carbons (Fsp3) is 0.846. The number of hydrogen-bond acceptors (Lipinski definition) is 3. The maximum Gasteiger partial charge on any atom is 0.227 e. The molecule has 4 aliphatic carbocycles. The molecule has 3 N–H and O–H groups in total. The van der Waals surface area contributed by atoms with Crippen molar-refractivity contribution in [3.8, 4) is 6.07 Å². The van der Waals surface area contributed by atoms with Crippen molar-refractivity contribution in [3.05, 3.63) is 0 Å². The Morgan fingerprint density at radius 1 is 1.35 bits per heavy atom. The quantitative estimate of drug-likeness (QED) is 0.692. The number of hydrogen-bond donors (Lipinski definition) is 2. The van der Waals surface area contributed by atoms with E-state index in [2.05, 4.69) is 5.32 Å². The lowest BCUT2D eigenvalue weighted by atomic mass is 9.48. The largest absolute Gasteiger partial charge is 0.343 e. The third kappa shape index (κ3) is 1.56. The molecule has 0 saturated heterocycles. The van der Waals surface area contributed by atoms with E-state index < -0.39 is 0 Å². The number of nitrogens with zero attached hydrogens (tertiary/aromatic N) is 1. The predicted molar refractivity (Wildman–Crippen MR) is 62.6 cm³/mol. The Kier molecular flexibility index (Phi) is 2.41. The minimum Gasteiger partial charge on any atom is -0.343 e. The molecule has 4 aliphatic rings. The van der Waals surface area contributed by atoms with Gasteiger partial charge in [-0.15, -0.1) is 0 Å². The highest BCUT2D eigenvalue weighted by Crippen LogP contribution is 2.59. The first-order chi connectivity index (χ1) is 8.14. The zero-order valence-electron chi connectivity index (χ0n) is 9.98. The highest BCUT2D eigenvalue weighted by Gasteiger charge is 2.57. The van der Waals surface area contributed by atoms with E-state index in [1.165, 1.54) is 12.8 Å². The number of rotatable bonds is 2. The number of nitrogens with two attached hydrogens (primary N) is 1. The summed E-state index contributed by atoms with van der Waals surface area (Å²) >= 11 is 0. The van der Waals surface area contributed by atoms with Gasteiger partial charge in [0.25, 0.3) is 0 Å². The number of nitriles is 1. The summed E-state index contributed by atoms with van der Waals surface area (Å²) in [6, 6.07) is 2.29. The third-order valence-electron chi connectivity index (χ3n) is 5.16. The second kappa shape index (κ2) is 3.71. The van der Waals surface area contributed by atoms with Crippen molar-refractivity contribution >= 4 is 5.91 Å². The summed E-state index contributed by atoms with van der Waals surface area (Å²) in [6.45, 7) is 0.132. The molecule has 0 spiro atoms. The van der Waals surface area contributed by atoms with Gasteiger partial charge in [-0.1, -0.05) is 0 Å². The van der Waals surface area contributed by atoms with E-state index in [1.54, 1.807) is 0 Å². The van der Waals surface area contributed by atoms with Crippen LogP contribution < -0.4 is 11.1 Å². The van der Waals surface area contributed by atoms with Gasteiger partial charge in [0.2, 0.25) is 5.91 Å². The summed E-state index contributed by atoms with van der Waals surface area (Å²) in [5.41, 5.74) is 6.05. The van der Waals surface area contributed by atoms with Gasteiger partial charge in [-0.05, 0) is 49.9 Å². The van der Waals surface area contributed by atoms with Crippen LogP contribution in [0.5, 0.6) is 0 Å². The van der Waals surface area contributed by atoms with Crippen LogP contribution in [0.3, 0.4) is 0 Å². The van der Waals surface area contributed by atoms with Gasteiger partial charge >= 0.3 is 0 Å². The lowest BCUT2D eigenvalue weighted by molar-refractivity contribution is -0.147. The van der Waals surface area contributed by atoms with Gasteiger partial charge in [0, 0.05) is 6.04 Å². The van der Waals surface area contributed by atoms with Crippen molar-refractivity contribution in [2.75, 3.05) is 6.54 Å². The minimum absolute atomic E-state index is 0.102. The average molecular weight is 233 g/mol. The van der Waals surface area contributed by atoms with Crippen molar-refractivity contribution in [1.82, 2.24) is 5.32 Å². The third-order valence-corrected chi connectivity index (χ3v) is 5.16. The van der Waals surface area contributed by atoms with E-state index in [9.17, 15) is 4.79 Å². The van der Waals surface area contributed by atoms with Crippen molar-refractivity contribution in [1.29, 1.82) is 5.26 Å². The first-order valence-electron chi connectivity index (χ1n) is 6.55. The summed E-state index contributed by atoms with van der Waals surface area (Å²) < 4.78 is 0. The molecule has 1 amide bonds. The molecule has 4 fully saturated rings. The maximum atomic E-state index is 12.3. The smallest absolute Gasteiger partial charge is 0.227 e. The molecule has 2 unspecified atom stereocenters. The average Bonchev–Trinajstić information content (AvgIpc) is 2.31. The molecular formula is C13H19N3O. The summed E-state index contributed by atoms with van der Waals surface area (Å²) in [5.74, 6) is 1.87. The number of carbonyl (C=O) groups is 1. The predicted octanol–water partition coefficient (Wildman–Crippen LogP) is 0.780. The first-order valence-corrected chi connectivity index (χ1v) is 6.55. The lowest BCUT2D eigenvalue weighted by Gasteiger charge is -2.58. The van der Waals surface area contributed by atoms with Gasteiger partial charge in [0.15, 0.2) is 0 Å². The number of nitrogens with one attached hydrogen (secondary N) is 1. The van der Waals surface area contributed by atoms with Gasteiger partial charge < -0.3 is 11.1 Å². The first kappa shape index (κ1) is 11.0. The van der Waals surface area contributed by atoms with Crippen molar-refractivity contribution < 1.29 is 4.79 Å². The second-order valence-corrected chi connectivity index (χ2v) is 6.17. The standard InChI is InChI=1S/C13H19N3O/c14-1-2-16-12(17)13-5-8-3-9(6-13)11(15)10(4-8)7-13/h8-11H,2-7,15H2,(H,16,17). The summed E-state index contributed by atoms with van der Waals surface area (Å²) in [7, 11) is 0. The Hall–Kier alpha value is -1.08. The zero-order chi connectivity index (χ0) is 12.0. The van der Waals surface area contributed by atoms with E-state index in [-0.39, 0.29) is 17.9 Å². The van der Waals surface area contributed by atoms with Crippen LogP contribution in [0, 0.1) is 34.5 Å². The van der Waals surface area contributed by atoms with E-state index >= 15 is 0 Å². The number of carbonyl (C=O) groups excluding carboxylic acids is 1. The molecule has 4 saturated carbocycles. The molecule has 2 atom stereocenters. The molecule has 0 aromatic heterocycles.